The Labute approximate surface area is 258 Å². The standard InChI is InChI=1S/C34H41N5O5/c1-21-17-39(22(2)20-40)34(43)27-16-26(36-32(41)25-12-13-25)14-15-30(27)44-31(21)19-38(3)18-23-8-10-24(11-9-23)33(42)37-29-7-5-4-6-28(29)35/h4-11,14-16,21-22,25,31,40H,12-13,17-20,35H2,1-3H3,(H,36,41)(H,37,42)/t21-,22+,31+/m0/s1. The lowest BCUT2D eigenvalue weighted by Crippen LogP contribution is -2.49. The minimum atomic E-state index is -0.381. The van der Waals surface area contributed by atoms with E-state index in [4.69, 9.17) is 10.5 Å². The molecule has 0 saturated heterocycles. The number of amides is 3. The number of nitrogens with two attached hydrogens (primary N) is 1. The van der Waals surface area contributed by atoms with Gasteiger partial charge < -0.3 is 31.1 Å². The second-order valence-corrected chi connectivity index (χ2v) is 12.0. The fraction of sp³-hybridized carbons (Fsp3) is 0.382. The van der Waals surface area contributed by atoms with E-state index in [-0.39, 0.29) is 48.3 Å². The van der Waals surface area contributed by atoms with Gasteiger partial charge in [-0.2, -0.15) is 0 Å². The highest BCUT2D eigenvalue weighted by atomic mass is 16.5. The van der Waals surface area contributed by atoms with Gasteiger partial charge in [0.25, 0.3) is 11.8 Å². The van der Waals surface area contributed by atoms with E-state index in [1.165, 1.54) is 0 Å². The van der Waals surface area contributed by atoms with Crippen LogP contribution in [-0.2, 0) is 11.3 Å². The zero-order valence-electron chi connectivity index (χ0n) is 25.5. The molecule has 5 rings (SSSR count). The second kappa shape index (κ2) is 13.5. The van der Waals surface area contributed by atoms with Crippen LogP contribution in [0.4, 0.5) is 17.1 Å². The smallest absolute Gasteiger partial charge is 0.258 e. The Bertz CT molecular complexity index is 1510. The molecule has 0 radical (unpaired) electrons. The van der Waals surface area contributed by atoms with Crippen LogP contribution in [0.1, 0.15) is 53.0 Å². The molecule has 44 heavy (non-hydrogen) atoms. The molecule has 1 aliphatic carbocycles. The highest BCUT2D eigenvalue weighted by Crippen LogP contribution is 2.33. The van der Waals surface area contributed by atoms with E-state index in [1.54, 1.807) is 47.4 Å². The van der Waals surface area contributed by atoms with Crippen molar-refractivity contribution in [1.29, 1.82) is 0 Å². The quantitative estimate of drug-likeness (QED) is 0.256. The van der Waals surface area contributed by atoms with E-state index < -0.39 is 0 Å². The van der Waals surface area contributed by atoms with Gasteiger partial charge in [-0.25, -0.2) is 0 Å². The maximum absolute atomic E-state index is 13.7. The Morgan fingerprint density at radius 3 is 2.50 bits per heavy atom. The van der Waals surface area contributed by atoms with E-state index in [1.807, 2.05) is 45.2 Å². The maximum atomic E-state index is 13.7. The lowest BCUT2D eigenvalue weighted by atomic mass is 9.99. The summed E-state index contributed by atoms with van der Waals surface area (Å²) < 4.78 is 6.50. The summed E-state index contributed by atoms with van der Waals surface area (Å²) in [4.78, 5) is 42.6. The maximum Gasteiger partial charge on any atom is 0.258 e. The molecule has 10 heteroatoms. The first-order chi connectivity index (χ1) is 21.1. The third-order valence-electron chi connectivity index (χ3n) is 8.25. The van der Waals surface area contributed by atoms with Crippen molar-refractivity contribution in [3.63, 3.8) is 0 Å². The number of anilines is 3. The highest BCUT2D eigenvalue weighted by Gasteiger charge is 2.34. The normalized spacial score (nSPS) is 18.9. The minimum absolute atomic E-state index is 0.0331. The topological polar surface area (TPSA) is 137 Å². The lowest BCUT2D eigenvalue weighted by Gasteiger charge is -2.38. The number of carbonyl (C=O) groups excluding carboxylic acids is 3. The SMILES string of the molecule is C[C@H](CO)N1C[C@H](C)[C@@H](CN(C)Cc2ccc(C(=O)Nc3ccccc3N)cc2)Oc2ccc(NC(=O)C3CC3)cc2C1=O. The molecule has 5 N–H and O–H groups in total. The van der Waals surface area contributed by atoms with E-state index in [0.29, 0.717) is 53.6 Å². The number of para-hydroxylation sites is 2. The number of rotatable bonds is 10. The molecule has 10 nitrogen and oxygen atoms in total. The van der Waals surface area contributed by atoms with Crippen LogP contribution in [0.2, 0.25) is 0 Å². The molecule has 1 heterocycles. The first-order valence-electron chi connectivity index (χ1n) is 15.1. The molecule has 2 aliphatic rings. The Hall–Kier alpha value is -4.41. The average Bonchev–Trinajstić information content (AvgIpc) is 3.86. The molecule has 3 aromatic rings. The summed E-state index contributed by atoms with van der Waals surface area (Å²) in [5.74, 6) is -0.0419. The number of fused-ring (bicyclic) bond motifs is 1. The van der Waals surface area contributed by atoms with Crippen molar-refractivity contribution in [2.24, 2.45) is 11.8 Å². The predicted molar refractivity (Wildman–Crippen MR) is 171 cm³/mol. The van der Waals surface area contributed by atoms with Crippen LogP contribution in [0.25, 0.3) is 0 Å². The average molecular weight is 600 g/mol. The third kappa shape index (κ3) is 7.38. The zero-order chi connectivity index (χ0) is 31.4. The van der Waals surface area contributed by atoms with Gasteiger partial charge in [0.05, 0.1) is 29.6 Å². The molecular weight excluding hydrogens is 558 g/mol. The molecule has 0 unspecified atom stereocenters. The van der Waals surface area contributed by atoms with Gasteiger partial charge in [-0.15, -0.1) is 0 Å². The minimum Gasteiger partial charge on any atom is -0.488 e. The number of aliphatic hydroxyl groups is 1. The van der Waals surface area contributed by atoms with Crippen molar-refractivity contribution < 1.29 is 24.2 Å². The van der Waals surface area contributed by atoms with Crippen LogP contribution < -0.4 is 21.1 Å². The van der Waals surface area contributed by atoms with E-state index >= 15 is 0 Å². The van der Waals surface area contributed by atoms with Gasteiger partial charge in [0.2, 0.25) is 5.91 Å². The number of carbonyl (C=O) groups is 3. The number of benzene rings is 3. The van der Waals surface area contributed by atoms with Crippen LogP contribution in [-0.4, -0.2) is 71.5 Å². The van der Waals surface area contributed by atoms with Gasteiger partial charge in [0.15, 0.2) is 0 Å². The number of ether oxygens (including phenoxy) is 1. The largest absolute Gasteiger partial charge is 0.488 e. The summed E-state index contributed by atoms with van der Waals surface area (Å²) in [6.07, 6.45) is 1.52. The predicted octanol–water partition coefficient (Wildman–Crippen LogP) is 4.22. The molecule has 0 spiro atoms. The van der Waals surface area contributed by atoms with Gasteiger partial charge in [-0.05, 0) is 74.8 Å². The van der Waals surface area contributed by atoms with Crippen molar-refractivity contribution in [2.75, 3.05) is 43.1 Å². The van der Waals surface area contributed by atoms with Crippen molar-refractivity contribution in [2.45, 2.75) is 45.4 Å². The van der Waals surface area contributed by atoms with Gasteiger partial charge in [-0.3, -0.25) is 19.3 Å². The van der Waals surface area contributed by atoms with Crippen LogP contribution in [0.5, 0.6) is 5.75 Å². The number of aliphatic hydroxyl groups excluding tert-OH is 1. The summed E-state index contributed by atoms with van der Waals surface area (Å²) in [7, 11) is 2.00. The number of hydrogen-bond acceptors (Lipinski definition) is 7. The summed E-state index contributed by atoms with van der Waals surface area (Å²) in [5, 5.41) is 15.7. The zero-order valence-corrected chi connectivity index (χ0v) is 25.5. The molecule has 232 valence electrons. The van der Waals surface area contributed by atoms with E-state index in [0.717, 1.165) is 18.4 Å². The van der Waals surface area contributed by atoms with Crippen LogP contribution in [0, 0.1) is 11.8 Å². The Morgan fingerprint density at radius 1 is 1.09 bits per heavy atom. The Kier molecular flexibility index (Phi) is 9.51. The molecule has 3 amide bonds. The fourth-order valence-corrected chi connectivity index (χ4v) is 5.36. The molecule has 1 aliphatic heterocycles. The first-order valence-corrected chi connectivity index (χ1v) is 15.1. The number of nitrogens with one attached hydrogen (secondary N) is 2. The van der Waals surface area contributed by atoms with Gasteiger partial charge >= 0.3 is 0 Å². The molecule has 0 bridgehead atoms. The molecule has 1 saturated carbocycles. The molecule has 1 fully saturated rings. The van der Waals surface area contributed by atoms with Crippen LogP contribution >= 0.6 is 0 Å². The summed E-state index contributed by atoms with van der Waals surface area (Å²) >= 11 is 0. The van der Waals surface area contributed by atoms with Crippen molar-refractivity contribution >= 4 is 34.8 Å². The summed E-state index contributed by atoms with van der Waals surface area (Å²) in [6, 6.07) is 19.4. The molecule has 3 aromatic carbocycles. The number of likely N-dealkylation sites (N-methyl/N-ethyl adjacent to an activating group) is 1. The van der Waals surface area contributed by atoms with Crippen molar-refractivity contribution in [3.8, 4) is 5.75 Å². The fourth-order valence-electron chi connectivity index (χ4n) is 5.36. The highest BCUT2D eigenvalue weighted by molar-refractivity contribution is 6.05. The number of hydrogen-bond donors (Lipinski definition) is 4. The van der Waals surface area contributed by atoms with Gasteiger partial charge in [0, 0.05) is 42.7 Å². The molecule has 3 atom stereocenters. The second-order valence-electron chi connectivity index (χ2n) is 12.0. The third-order valence-corrected chi connectivity index (χ3v) is 8.25. The number of nitrogens with zero attached hydrogens (tertiary/aromatic N) is 2. The van der Waals surface area contributed by atoms with Gasteiger partial charge in [0.1, 0.15) is 11.9 Å². The number of nitrogen functional groups attached to an aromatic ring is 1. The molecular formula is C34H41N5O5. The van der Waals surface area contributed by atoms with E-state index in [9.17, 15) is 19.5 Å². The Balaban J connectivity index is 1.28. The van der Waals surface area contributed by atoms with Crippen molar-refractivity contribution in [1.82, 2.24) is 9.80 Å². The van der Waals surface area contributed by atoms with Crippen molar-refractivity contribution in [3.05, 3.63) is 83.4 Å². The summed E-state index contributed by atoms with van der Waals surface area (Å²) in [6.45, 7) is 5.31. The lowest BCUT2D eigenvalue weighted by molar-refractivity contribution is -0.117. The van der Waals surface area contributed by atoms with Gasteiger partial charge in [-0.1, -0.05) is 31.2 Å². The first kappa shape index (κ1) is 31.0. The van der Waals surface area contributed by atoms with Crippen LogP contribution in [0.15, 0.2) is 66.7 Å². The Morgan fingerprint density at radius 2 is 1.82 bits per heavy atom. The summed E-state index contributed by atoms with van der Waals surface area (Å²) in [5.41, 5.74) is 9.52. The monoisotopic (exact) mass is 599 g/mol. The molecule has 0 aromatic heterocycles. The van der Waals surface area contributed by atoms with E-state index in [2.05, 4.69) is 15.5 Å². The van der Waals surface area contributed by atoms with Crippen LogP contribution in [0.3, 0.4) is 0 Å².